The first-order valence-corrected chi connectivity index (χ1v) is 5.86. The van der Waals surface area contributed by atoms with Crippen molar-refractivity contribution in [1.29, 1.82) is 0 Å². The predicted octanol–water partition coefficient (Wildman–Crippen LogP) is 1.08. The van der Waals surface area contributed by atoms with E-state index in [0.29, 0.717) is 24.0 Å². The summed E-state index contributed by atoms with van der Waals surface area (Å²) in [4.78, 5) is 18.2. The van der Waals surface area contributed by atoms with Gasteiger partial charge in [0.15, 0.2) is 5.82 Å². The van der Waals surface area contributed by atoms with Gasteiger partial charge in [0.25, 0.3) is 5.91 Å². The van der Waals surface area contributed by atoms with Crippen LogP contribution in [0, 0.1) is 6.92 Å². The Morgan fingerprint density at radius 3 is 3.17 bits per heavy atom. The van der Waals surface area contributed by atoms with Crippen LogP contribution in [0.2, 0.25) is 0 Å². The molecule has 1 fully saturated rings. The van der Waals surface area contributed by atoms with Crippen LogP contribution in [-0.2, 0) is 0 Å². The van der Waals surface area contributed by atoms with Crippen LogP contribution < -0.4 is 0 Å². The molecule has 0 saturated carbocycles. The van der Waals surface area contributed by atoms with Gasteiger partial charge in [-0.15, -0.1) is 0 Å². The number of hydrogen-bond acceptors (Lipinski definition) is 5. The Morgan fingerprint density at radius 2 is 2.50 bits per heavy atom. The third kappa shape index (κ3) is 1.77. The summed E-state index contributed by atoms with van der Waals surface area (Å²) in [5.74, 6) is 1.03. The molecular weight excluding hydrogens is 234 g/mol. The average molecular weight is 247 g/mol. The fraction of sp³-hybridized carbons (Fsp3) is 0.455. The molecule has 7 nitrogen and oxygen atoms in total. The number of likely N-dealkylation sites (tertiary alicyclic amines) is 1. The fourth-order valence-electron chi connectivity index (χ4n) is 2.26. The van der Waals surface area contributed by atoms with Crippen LogP contribution in [0.25, 0.3) is 0 Å². The summed E-state index contributed by atoms with van der Waals surface area (Å²) in [5, 5.41) is 10.4. The molecule has 0 spiro atoms. The first-order valence-electron chi connectivity index (χ1n) is 5.86. The minimum Gasteiger partial charge on any atom is -0.340 e. The highest BCUT2D eigenvalue weighted by molar-refractivity contribution is 5.92. The molecular formula is C11H13N5O2. The number of carbonyl (C=O) groups is 1. The normalized spacial score (nSPS) is 19.4. The van der Waals surface area contributed by atoms with Crippen LogP contribution in [0.4, 0.5) is 0 Å². The third-order valence-electron chi connectivity index (χ3n) is 3.09. The number of nitrogens with one attached hydrogen (secondary N) is 1. The highest BCUT2D eigenvalue weighted by Gasteiger charge is 2.34. The highest BCUT2D eigenvalue weighted by atomic mass is 16.5. The molecule has 3 rings (SSSR count). The van der Waals surface area contributed by atoms with E-state index in [1.54, 1.807) is 24.1 Å². The summed E-state index contributed by atoms with van der Waals surface area (Å²) in [5.41, 5.74) is 0.488. The SMILES string of the molecule is Cc1nc([C@@H]2CCCN2C(=O)c2ccn[nH]2)no1. The molecule has 2 aromatic heterocycles. The van der Waals surface area contributed by atoms with Gasteiger partial charge in [-0.1, -0.05) is 5.16 Å². The monoisotopic (exact) mass is 247 g/mol. The minimum absolute atomic E-state index is 0.0718. The number of aromatic amines is 1. The van der Waals surface area contributed by atoms with E-state index in [9.17, 15) is 4.79 Å². The van der Waals surface area contributed by atoms with Gasteiger partial charge in [-0.3, -0.25) is 9.89 Å². The van der Waals surface area contributed by atoms with E-state index >= 15 is 0 Å². The number of aromatic nitrogens is 4. The van der Waals surface area contributed by atoms with Gasteiger partial charge in [0.05, 0.1) is 6.04 Å². The number of H-pyrrole nitrogens is 1. The van der Waals surface area contributed by atoms with Crippen LogP contribution in [0.3, 0.4) is 0 Å². The van der Waals surface area contributed by atoms with Crippen molar-refractivity contribution in [2.75, 3.05) is 6.54 Å². The van der Waals surface area contributed by atoms with E-state index in [1.165, 1.54) is 0 Å². The second-order valence-corrected chi connectivity index (χ2v) is 4.30. The van der Waals surface area contributed by atoms with Crippen LogP contribution in [0.1, 0.15) is 41.1 Å². The maximum absolute atomic E-state index is 12.3. The zero-order chi connectivity index (χ0) is 12.5. The molecule has 18 heavy (non-hydrogen) atoms. The standard InChI is InChI=1S/C11H13N5O2/c1-7-13-10(15-18-7)9-3-2-6-16(9)11(17)8-4-5-12-14-8/h4-5,9H,2-3,6H2,1H3,(H,12,14)/t9-/m0/s1. The summed E-state index contributed by atoms with van der Waals surface area (Å²) in [6.45, 7) is 2.45. The molecule has 0 aromatic carbocycles. The van der Waals surface area contributed by atoms with Gasteiger partial charge in [0.1, 0.15) is 5.69 Å². The Morgan fingerprint density at radius 1 is 1.61 bits per heavy atom. The van der Waals surface area contributed by atoms with Crippen molar-refractivity contribution in [2.24, 2.45) is 0 Å². The Kier molecular flexibility index (Phi) is 2.58. The lowest BCUT2D eigenvalue weighted by atomic mass is 10.2. The van der Waals surface area contributed by atoms with E-state index < -0.39 is 0 Å². The zero-order valence-corrected chi connectivity index (χ0v) is 9.96. The summed E-state index contributed by atoms with van der Waals surface area (Å²) < 4.78 is 4.98. The van der Waals surface area contributed by atoms with Crippen LogP contribution in [0.15, 0.2) is 16.8 Å². The Labute approximate surface area is 103 Å². The first kappa shape index (κ1) is 10.9. The molecule has 94 valence electrons. The Balaban J connectivity index is 1.85. The topological polar surface area (TPSA) is 87.9 Å². The van der Waals surface area contributed by atoms with E-state index in [4.69, 9.17) is 4.52 Å². The van der Waals surface area contributed by atoms with Gasteiger partial charge in [0.2, 0.25) is 5.89 Å². The van der Waals surface area contributed by atoms with Gasteiger partial charge >= 0.3 is 0 Å². The summed E-state index contributed by atoms with van der Waals surface area (Å²) in [6.07, 6.45) is 3.37. The van der Waals surface area contributed by atoms with Crippen molar-refractivity contribution in [1.82, 2.24) is 25.2 Å². The second kappa shape index (κ2) is 4.25. The van der Waals surface area contributed by atoms with Crippen molar-refractivity contribution in [3.63, 3.8) is 0 Å². The maximum Gasteiger partial charge on any atom is 0.272 e. The highest BCUT2D eigenvalue weighted by Crippen LogP contribution is 2.31. The van der Waals surface area contributed by atoms with Gasteiger partial charge in [-0.2, -0.15) is 10.1 Å². The van der Waals surface area contributed by atoms with E-state index in [0.717, 1.165) is 12.8 Å². The molecule has 3 heterocycles. The van der Waals surface area contributed by atoms with Crippen LogP contribution in [0.5, 0.6) is 0 Å². The molecule has 1 atom stereocenters. The number of rotatable bonds is 2. The van der Waals surface area contributed by atoms with E-state index in [2.05, 4.69) is 20.3 Å². The lowest BCUT2D eigenvalue weighted by Gasteiger charge is -2.21. The minimum atomic E-state index is -0.0988. The number of hydrogen-bond donors (Lipinski definition) is 1. The smallest absolute Gasteiger partial charge is 0.272 e. The van der Waals surface area contributed by atoms with Crippen LogP contribution >= 0.6 is 0 Å². The molecule has 7 heteroatoms. The van der Waals surface area contributed by atoms with Crippen molar-refractivity contribution < 1.29 is 9.32 Å². The first-order chi connectivity index (χ1) is 8.75. The molecule has 1 aliphatic heterocycles. The molecule has 1 N–H and O–H groups in total. The van der Waals surface area contributed by atoms with Gasteiger partial charge < -0.3 is 9.42 Å². The van der Waals surface area contributed by atoms with Gasteiger partial charge in [-0.25, -0.2) is 0 Å². The molecule has 0 unspecified atom stereocenters. The van der Waals surface area contributed by atoms with Gasteiger partial charge in [-0.05, 0) is 18.9 Å². The fourth-order valence-corrected chi connectivity index (χ4v) is 2.26. The molecule has 0 aliphatic carbocycles. The maximum atomic E-state index is 12.3. The van der Waals surface area contributed by atoms with Crippen molar-refractivity contribution in [2.45, 2.75) is 25.8 Å². The zero-order valence-electron chi connectivity index (χ0n) is 9.96. The molecule has 2 aromatic rings. The van der Waals surface area contributed by atoms with Crippen LogP contribution in [-0.4, -0.2) is 37.7 Å². The van der Waals surface area contributed by atoms with E-state index in [-0.39, 0.29) is 11.9 Å². The lowest BCUT2D eigenvalue weighted by molar-refractivity contribution is 0.0722. The Hall–Kier alpha value is -2.18. The summed E-state index contributed by atoms with van der Waals surface area (Å²) >= 11 is 0. The summed E-state index contributed by atoms with van der Waals surface area (Å²) in [7, 11) is 0. The van der Waals surface area contributed by atoms with Crippen molar-refractivity contribution in [3.8, 4) is 0 Å². The lowest BCUT2D eigenvalue weighted by Crippen LogP contribution is -2.31. The largest absolute Gasteiger partial charge is 0.340 e. The average Bonchev–Trinajstić information content (AvgIpc) is 3.09. The van der Waals surface area contributed by atoms with Crippen molar-refractivity contribution >= 4 is 5.91 Å². The second-order valence-electron chi connectivity index (χ2n) is 4.30. The quantitative estimate of drug-likeness (QED) is 0.857. The molecule has 1 amide bonds. The molecule has 0 radical (unpaired) electrons. The summed E-state index contributed by atoms with van der Waals surface area (Å²) in [6, 6.07) is 1.57. The number of amides is 1. The third-order valence-corrected chi connectivity index (χ3v) is 3.09. The number of aryl methyl sites for hydroxylation is 1. The number of carbonyl (C=O) groups excluding carboxylic acids is 1. The molecule has 1 saturated heterocycles. The number of nitrogens with zero attached hydrogens (tertiary/aromatic N) is 4. The molecule has 0 bridgehead atoms. The van der Waals surface area contributed by atoms with Gasteiger partial charge in [0, 0.05) is 19.7 Å². The Bertz CT molecular complexity index is 548. The van der Waals surface area contributed by atoms with Crippen molar-refractivity contribution in [3.05, 3.63) is 29.7 Å². The molecule has 1 aliphatic rings. The predicted molar refractivity (Wildman–Crippen MR) is 60.6 cm³/mol. The van der Waals surface area contributed by atoms with E-state index in [1.807, 2.05) is 0 Å².